The Morgan fingerprint density at radius 1 is 0.667 bits per heavy atom. The maximum Gasteiger partial charge on any atom is 0.168 e. The first-order valence-electron chi connectivity index (χ1n) is 12.7. The summed E-state index contributed by atoms with van der Waals surface area (Å²) in [5.74, 6) is 1.91. The van der Waals surface area contributed by atoms with Gasteiger partial charge in [0.25, 0.3) is 0 Å². The number of aromatic nitrogens is 1. The molecule has 0 spiro atoms. The number of benzene rings is 2. The molecule has 1 atom stereocenters. The van der Waals surface area contributed by atoms with Crippen LogP contribution in [0.15, 0.2) is 79.1 Å². The molecule has 0 saturated carbocycles. The zero-order valence-electron chi connectivity index (χ0n) is 20.4. The molecule has 1 heterocycles. The van der Waals surface area contributed by atoms with Crippen molar-refractivity contribution in [2.24, 2.45) is 0 Å². The Hall–Kier alpha value is -2.81. The van der Waals surface area contributed by atoms with Gasteiger partial charge >= 0.3 is 0 Å². The molecule has 0 radical (unpaired) electrons. The summed E-state index contributed by atoms with van der Waals surface area (Å²) in [7, 11) is 0. The first kappa shape index (κ1) is 24.8. The largest absolute Gasteiger partial charge is 0.494 e. The minimum absolute atomic E-state index is 0.301. The summed E-state index contributed by atoms with van der Waals surface area (Å²) in [6.45, 7) is 6.22. The lowest BCUT2D eigenvalue weighted by molar-refractivity contribution is -0.697. The van der Waals surface area contributed by atoms with Crippen LogP contribution in [0.4, 0.5) is 0 Å². The Morgan fingerprint density at radius 2 is 1.30 bits per heavy atom. The molecule has 1 unspecified atom stereocenters. The standard InChI is InChI=1S/C30H40NO2/c1-3-5-12-29(13-8-6-9-22-31-23-10-7-11-24-31)33-30-20-16-27(17-21-30)26-14-18-28(19-15-26)32-25-4-2/h7,10-11,14-21,23-24,29H,3-6,8-9,12-13,22,25H2,1-2H3/q+1. The smallest absolute Gasteiger partial charge is 0.168 e. The quantitative estimate of drug-likeness (QED) is 0.177. The molecular formula is C30H40NO2+. The molecule has 0 aliphatic rings. The summed E-state index contributed by atoms with van der Waals surface area (Å²) in [6, 6.07) is 23.1. The van der Waals surface area contributed by atoms with E-state index < -0.39 is 0 Å². The lowest BCUT2D eigenvalue weighted by atomic mass is 10.0. The molecule has 176 valence electrons. The van der Waals surface area contributed by atoms with Gasteiger partial charge in [0.1, 0.15) is 18.0 Å². The van der Waals surface area contributed by atoms with Gasteiger partial charge in [0, 0.05) is 18.6 Å². The van der Waals surface area contributed by atoms with Crippen molar-refractivity contribution in [2.45, 2.75) is 77.9 Å². The molecule has 0 aliphatic carbocycles. The minimum Gasteiger partial charge on any atom is -0.494 e. The summed E-state index contributed by atoms with van der Waals surface area (Å²) in [6.07, 6.45) is 14.0. The maximum absolute atomic E-state index is 6.41. The van der Waals surface area contributed by atoms with Crippen LogP contribution in [-0.4, -0.2) is 12.7 Å². The Morgan fingerprint density at radius 3 is 1.94 bits per heavy atom. The lowest BCUT2D eigenvalue weighted by Gasteiger charge is -2.19. The number of nitrogens with zero attached hydrogens (tertiary/aromatic N) is 1. The normalized spacial score (nSPS) is 11.8. The van der Waals surface area contributed by atoms with Crippen molar-refractivity contribution < 1.29 is 14.0 Å². The first-order valence-corrected chi connectivity index (χ1v) is 12.7. The summed E-state index contributed by atoms with van der Waals surface area (Å²) in [5.41, 5.74) is 2.40. The van der Waals surface area contributed by atoms with E-state index in [4.69, 9.17) is 9.47 Å². The molecule has 3 aromatic rings. The van der Waals surface area contributed by atoms with Crippen molar-refractivity contribution in [1.82, 2.24) is 0 Å². The Bertz CT molecular complexity index is 891. The Labute approximate surface area is 200 Å². The second kappa shape index (κ2) is 14.4. The van der Waals surface area contributed by atoms with Crippen molar-refractivity contribution in [3.8, 4) is 22.6 Å². The molecule has 1 aromatic heterocycles. The van der Waals surface area contributed by atoms with Gasteiger partial charge in [0.05, 0.1) is 12.7 Å². The highest BCUT2D eigenvalue weighted by Crippen LogP contribution is 2.26. The average molecular weight is 447 g/mol. The van der Waals surface area contributed by atoms with E-state index in [9.17, 15) is 0 Å². The third kappa shape index (κ3) is 8.92. The van der Waals surface area contributed by atoms with Gasteiger partial charge < -0.3 is 9.47 Å². The summed E-state index contributed by atoms with van der Waals surface area (Å²) in [5, 5.41) is 0. The van der Waals surface area contributed by atoms with Crippen LogP contribution in [0.1, 0.15) is 65.2 Å². The summed E-state index contributed by atoms with van der Waals surface area (Å²) < 4.78 is 14.4. The van der Waals surface area contributed by atoms with Gasteiger partial charge in [-0.05, 0) is 67.5 Å². The molecule has 0 saturated heterocycles. The van der Waals surface area contributed by atoms with Crippen LogP contribution >= 0.6 is 0 Å². The third-order valence-electron chi connectivity index (χ3n) is 5.92. The Balaban J connectivity index is 1.47. The molecule has 0 bridgehead atoms. The highest BCUT2D eigenvalue weighted by molar-refractivity contribution is 5.64. The van der Waals surface area contributed by atoms with Gasteiger partial charge in [-0.2, -0.15) is 0 Å². The van der Waals surface area contributed by atoms with Crippen LogP contribution in [0.2, 0.25) is 0 Å². The third-order valence-corrected chi connectivity index (χ3v) is 5.92. The van der Waals surface area contributed by atoms with Crippen molar-refractivity contribution in [1.29, 1.82) is 0 Å². The van der Waals surface area contributed by atoms with Gasteiger partial charge in [-0.15, -0.1) is 0 Å². The summed E-state index contributed by atoms with van der Waals surface area (Å²) in [4.78, 5) is 0. The second-order valence-corrected chi connectivity index (χ2v) is 8.74. The molecule has 0 N–H and O–H groups in total. The number of aryl methyl sites for hydroxylation is 1. The summed E-state index contributed by atoms with van der Waals surface area (Å²) >= 11 is 0. The number of hydrogen-bond acceptors (Lipinski definition) is 2. The number of pyridine rings is 1. The molecular weight excluding hydrogens is 406 g/mol. The van der Waals surface area contributed by atoms with E-state index >= 15 is 0 Å². The predicted octanol–water partition coefficient (Wildman–Crippen LogP) is 7.63. The van der Waals surface area contributed by atoms with E-state index in [-0.39, 0.29) is 0 Å². The van der Waals surface area contributed by atoms with Crippen LogP contribution in [0.3, 0.4) is 0 Å². The van der Waals surface area contributed by atoms with Gasteiger partial charge in [-0.25, -0.2) is 4.57 Å². The van der Waals surface area contributed by atoms with E-state index in [2.05, 4.69) is 85.4 Å². The Kier molecular flexibility index (Phi) is 10.8. The molecule has 3 heteroatoms. The zero-order chi connectivity index (χ0) is 23.1. The van der Waals surface area contributed by atoms with Crippen LogP contribution in [0, 0.1) is 0 Å². The van der Waals surface area contributed by atoms with E-state index in [1.165, 1.54) is 43.2 Å². The highest BCUT2D eigenvalue weighted by atomic mass is 16.5. The lowest BCUT2D eigenvalue weighted by Crippen LogP contribution is -2.32. The molecule has 0 amide bonds. The maximum atomic E-state index is 6.41. The van der Waals surface area contributed by atoms with E-state index in [1.807, 2.05) is 12.1 Å². The second-order valence-electron chi connectivity index (χ2n) is 8.74. The van der Waals surface area contributed by atoms with Crippen molar-refractivity contribution in [3.05, 3.63) is 79.1 Å². The fraction of sp³-hybridized carbons (Fsp3) is 0.433. The van der Waals surface area contributed by atoms with Gasteiger partial charge in [0.15, 0.2) is 12.4 Å². The van der Waals surface area contributed by atoms with E-state index in [0.717, 1.165) is 43.9 Å². The number of hydrogen-bond donors (Lipinski definition) is 0. The van der Waals surface area contributed by atoms with E-state index in [0.29, 0.717) is 6.10 Å². The van der Waals surface area contributed by atoms with Crippen molar-refractivity contribution in [3.63, 3.8) is 0 Å². The fourth-order valence-corrected chi connectivity index (χ4v) is 4.00. The minimum atomic E-state index is 0.301. The molecule has 2 aromatic carbocycles. The predicted molar refractivity (Wildman–Crippen MR) is 137 cm³/mol. The topological polar surface area (TPSA) is 22.3 Å². The van der Waals surface area contributed by atoms with Crippen LogP contribution < -0.4 is 14.0 Å². The molecule has 3 nitrogen and oxygen atoms in total. The number of ether oxygens (including phenoxy) is 2. The SMILES string of the molecule is CCCCC(CCCCC[n+]1ccccc1)Oc1ccc(-c2ccc(OCCC)cc2)cc1. The number of rotatable bonds is 15. The monoisotopic (exact) mass is 446 g/mol. The van der Waals surface area contributed by atoms with Crippen LogP contribution in [0.25, 0.3) is 11.1 Å². The highest BCUT2D eigenvalue weighted by Gasteiger charge is 2.11. The average Bonchev–Trinajstić information content (AvgIpc) is 2.87. The number of unbranched alkanes of at least 4 members (excludes halogenated alkanes) is 3. The molecule has 0 fully saturated rings. The van der Waals surface area contributed by atoms with Crippen molar-refractivity contribution in [2.75, 3.05) is 6.61 Å². The van der Waals surface area contributed by atoms with E-state index in [1.54, 1.807) is 0 Å². The molecule has 3 rings (SSSR count). The van der Waals surface area contributed by atoms with Crippen LogP contribution in [-0.2, 0) is 6.54 Å². The molecule has 0 aliphatic heterocycles. The van der Waals surface area contributed by atoms with Gasteiger partial charge in [-0.1, -0.05) is 57.0 Å². The van der Waals surface area contributed by atoms with Crippen molar-refractivity contribution >= 4 is 0 Å². The van der Waals surface area contributed by atoms with Crippen LogP contribution in [0.5, 0.6) is 11.5 Å². The zero-order valence-corrected chi connectivity index (χ0v) is 20.4. The van der Waals surface area contributed by atoms with Gasteiger partial charge in [-0.3, -0.25) is 0 Å². The van der Waals surface area contributed by atoms with Gasteiger partial charge in [0.2, 0.25) is 0 Å². The molecule has 33 heavy (non-hydrogen) atoms. The first-order chi connectivity index (χ1) is 16.3. The fourth-order valence-electron chi connectivity index (χ4n) is 4.00.